The van der Waals surface area contributed by atoms with Gasteiger partial charge in [-0.1, -0.05) is 0 Å². The lowest BCUT2D eigenvalue weighted by atomic mass is 10.1. The fourth-order valence-corrected chi connectivity index (χ4v) is 2.60. The number of hydrogen-bond acceptors (Lipinski definition) is 5. The number of phenolic OH excluding ortho intramolecular Hbond substituents is 1. The highest BCUT2D eigenvalue weighted by molar-refractivity contribution is 9.10. The summed E-state index contributed by atoms with van der Waals surface area (Å²) in [6, 6.07) is 9.34. The smallest absolute Gasteiger partial charge is 0.271 e. The molecule has 7 heteroatoms. The first-order valence-corrected chi connectivity index (χ1v) is 7.00. The third kappa shape index (κ3) is 2.64. The largest absolute Gasteiger partial charge is 0.508 e. The van der Waals surface area contributed by atoms with Crippen LogP contribution in [0.1, 0.15) is 11.6 Å². The summed E-state index contributed by atoms with van der Waals surface area (Å²) in [6.07, 6.45) is 0. The van der Waals surface area contributed by atoms with E-state index >= 15 is 0 Å². The number of ether oxygens (including phenoxy) is 1. The molecule has 21 heavy (non-hydrogen) atoms. The van der Waals surface area contributed by atoms with Crippen LogP contribution in [0.2, 0.25) is 0 Å². The van der Waals surface area contributed by atoms with Crippen LogP contribution in [-0.4, -0.2) is 16.6 Å². The molecule has 1 aliphatic rings. The van der Waals surface area contributed by atoms with E-state index in [0.29, 0.717) is 18.0 Å². The Kier molecular flexibility index (Phi) is 3.42. The number of benzene rings is 2. The molecule has 6 nitrogen and oxygen atoms in total. The van der Waals surface area contributed by atoms with E-state index in [4.69, 9.17) is 4.74 Å². The Bertz CT molecular complexity index is 720. The molecule has 3 rings (SSSR count). The number of nitro benzene ring substituents is 1. The molecule has 0 fully saturated rings. The van der Waals surface area contributed by atoms with Crippen LogP contribution in [0.15, 0.2) is 40.9 Å². The Morgan fingerprint density at radius 3 is 2.90 bits per heavy atom. The molecule has 1 atom stereocenters. The summed E-state index contributed by atoms with van der Waals surface area (Å²) in [4.78, 5) is 10.4. The fourth-order valence-electron chi connectivity index (χ4n) is 2.24. The van der Waals surface area contributed by atoms with Crippen molar-refractivity contribution in [3.05, 3.63) is 56.5 Å². The highest BCUT2D eigenvalue weighted by atomic mass is 79.9. The number of fused-ring (bicyclic) bond motifs is 1. The van der Waals surface area contributed by atoms with Crippen LogP contribution >= 0.6 is 15.9 Å². The van der Waals surface area contributed by atoms with Crippen molar-refractivity contribution in [1.29, 1.82) is 0 Å². The molecule has 1 aliphatic heterocycles. The zero-order valence-corrected chi connectivity index (χ0v) is 12.3. The van der Waals surface area contributed by atoms with Crippen LogP contribution in [0.25, 0.3) is 0 Å². The van der Waals surface area contributed by atoms with Gasteiger partial charge in [-0.15, -0.1) is 0 Å². The molecule has 0 aromatic heterocycles. The molecule has 0 radical (unpaired) electrons. The summed E-state index contributed by atoms with van der Waals surface area (Å²) < 4.78 is 6.25. The van der Waals surface area contributed by atoms with Crippen molar-refractivity contribution in [3.63, 3.8) is 0 Å². The summed E-state index contributed by atoms with van der Waals surface area (Å²) >= 11 is 3.37. The van der Waals surface area contributed by atoms with Gasteiger partial charge in [0.2, 0.25) is 0 Å². The van der Waals surface area contributed by atoms with Crippen molar-refractivity contribution in [3.8, 4) is 11.5 Å². The number of nitro groups is 1. The number of halogens is 1. The highest BCUT2D eigenvalue weighted by Crippen LogP contribution is 2.38. The van der Waals surface area contributed by atoms with Gasteiger partial charge in [0.25, 0.3) is 5.69 Å². The summed E-state index contributed by atoms with van der Waals surface area (Å²) in [7, 11) is 0. The topological polar surface area (TPSA) is 84.6 Å². The van der Waals surface area contributed by atoms with Gasteiger partial charge in [-0.25, -0.2) is 0 Å². The molecular formula is C14H11BrN2O4. The summed E-state index contributed by atoms with van der Waals surface area (Å²) in [5.41, 5.74) is 1.55. The minimum absolute atomic E-state index is 0.0190. The number of phenols is 1. The van der Waals surface area contributed by atoms with Crippen molar-refractivity contribution < 1.29 is 14.8 Å². The molecule has 0 spiro atoms. The Balaban J connectivity index is 1.89. The molecule has 1 unspecified atom stereocenters. The van der Waals surface area contributed by atoms with Gasteiger partial charge < -0.3 is 15.2 Å². The second-order valence-corrected chi connectivity index (χ2v) is 5.51. The van der Waals surface area contributed by atoms with Gasteiger partial charge in [0.1, 0.15) is 18.1 Å². The van der Waals surface area contributed by atoms with E-state index in [9.17, 15) is 15.2 Å². The van der Waals surface area contributed by atoms with E-state index in [1.54, 1.807) is 24.3 Å². The predicted octanol–water partition coefficient (Wildman–Crippen LogP) is 3.61. The lowest BCUT2D eigenvalue weighted by Gasteiger charge is -2.14. The Labute approximate surface area is 128 Å². The maximum atomic E-state index is 10.8. The lowest BCUT2D eigenvalue weighted by molar-refractivity contribution is -0.384. The molecule has 2 aromatic carbocycles. The molecule has 0 bridgehead atoms. The summed E-state index contributed by atoms with van der Waals surface area (Å²) in [5.74, 6) is 0.764. The monoisotopic (exact) mass is 350 g/mol. The maximum Gasteiger partial charge on any atom is 0.271 e. The maximum absolute atomic E-state index is 10.8. The number of hydrogen-bond donors (Lipinski definition) is 2. The standard InChI is InChI=1S/C14H11BrN2O4/c15-11-4-1-8(17(19)20)5-12(11)16-13-7-21-14-6-9(18)2-3-10(13)14/h1-6,13,16,18H,7H2. The van der Waals surface area contributed by atoms with Crippen molar-refractivity contribution in [2.24, 2.45) is 0 Å². The van der Waals surface area contributed by atoms with Crippen LogP contribution in [0.5, 0.6) is 11.5 Å². The second kappa shape index (κ2) is 5.25. The van der Waals surface area contributed by atoms with Crippen LogP contribution in [0.3, 0.4) is 0 Å². The molecule has 0 aliphatic carbocycles. The second-order valence-electron chi connectivity index (χ2n) is 4.65. The van der Waals surface area contributed by atoms with E-state index in [-0.39, 0.29) is 17.5 Å². The highest BCUT2D eigenvalue weighted by Gasteiger charge is 2.25. The molecule has 0 saturated heterocycles. The number of nitrogens with one attached hydrogen (secondary N) is 1. The van der Waals surface area contributed by atoms with Gasteiger partial charge in [-0.3, -0.25) is 10.1 Å². The molecule has 0 amide bonds. The minimum Gasteiger partial charge on any atom is -0.508 e. The average molecular weight is 351 g/mol. The van der Waals surface area contributed by atoms with E-state index in [2.05, 4.69) is 21.2 Å². The zero-order valence-electron chi connectivity index (χ0n) is 10.7. The van der Waals surface area contributed by atoms with Crippen LogP contribution < -0.4 is 10.1 Å². The summed E-state index contributed by atoms with van der Waals surface area (Å²) in [6.45, 7) is 0.397. The Morgan fingerprint density at radius 2 is 2.14 bits per heavy atom. The Morgan fingerprint density at radius 1 is 1.33 bits per heavy atom. The SMILES string of the molecule is O=[N+]([O-])c1ccc(Br)c(NC2COc3cc(O)ccc32)c1. The number of anilines is 1. The number of nitrogens with zero attached hydrogens (tertiary/aromatic N) is 1. The van der Waals surface area contributed by atoms with Crippen molar-refractivity contribution in [1.82, 2.24) is 0 Å². The van der Waals surface area contributed by atoms with Crippen LogP contribution in [-0.2, 0) is 0 Å². The van der Waals surface area contributed by atoms with Crippen molar-refractivity contribution in [2.75, 3.05) is 11.9 Å². The normalized spacial score (nSPS) is 16.1. The van der Waals surface area contributed by atoms with Crippen LogP contribution in [0, 0.1) is 10.1 Å². The lowest BCUT2D eigenvalue weighted by Crippen LogP contribution is -2.12. The third-order valence-electron chi connectivity index (χ3n) is 3.27. The first-order valence-electron chi connectivity index (χ1n) is 6.21. The van der Waals surface area contributed by atoms with Gasteiger partial charge >= 0.3 is 0 Å². The van der Waals surface area contributed by atoms with Gasteiger partial charge in [-0.2, -0.15) is 0 Å². The van der Waals surface area contributed by atoms with Crippen molar-refractivity contribution in [2.45, 2.75) is 6.04 Å². The number of aromatic hydroxyl groups is 1. The van der Waals surface area contributed by atoms with Crippen LogP contribution in [0.4, 0.5) is 11.4 Å². The van der Waals surface area contributed by atoms with E-state index < -0.39 is 4.92 Å². The molecule has 108 valence electrons. The van der Waals surface area contributed by atoms with Gasteiger partial charge in [0.05, 0.1) is 16.7 Å². The Hall–Kier alpha value is -2.28. The van der Waals surface area contributed by atoms with E-state index in [1.807, 2.05) is 0 Å². The first kappa shape index (κ1) is 13.7. The number of non-ortho nitro benzene ring substituents is 1. The zero-order chi connectivity index (χ0) is 15.0. The molecular weight excluding hydrogens is 340 g/mol. The van der Waals surface area contributed by atoms with Crippen molar-refractivity contribution >= 4 is 27.3 Å². The van der Waals surface area contributed by atoms with Gasteiger partial charge in [0, 0.05) is 28.2 Å². The fraction of sp³-hybridized carbons (Fsp3) is 0.143. The third-order valence-corrected chi connectivity index (χ3v) is 3.96. The average Bonchev–Trinajstić information content (AvgIpc) is 2.83. The minimum atomic E-state index is -0.436. The number of rotatable bonds is 3. The van der Waals surface area contributed by atoms with E-state index in [0.717, 1.165) is 10.0 Å². The molecule has 1 heterocycles. The molecule has 2 aromatic rings. The first-order chi connectivity index (χ1) is 10.0. The molecule has 0 saturated carbocycles. The van der Waals surface area contributed by atoms with E-state index in [1.165, 1.54) is 12.1 Å². The van der Waals surface area contributed by atoms with Gasteiger partial charge in [0.15, 0.2) is 0 Å². The van der Waals surface area contributed by atoms with Gasteiger partial charge in [-0.05, 0) is 34.1 Å². The quantitative estimate of drug-likeness (QED) is 0.652. The molecule has 2 N–H and O–H groups in total. The summed E-state index contributed by atoms with van der Waals surface area (Å²) in [5, 5.41) is 23.5. The predicted molar refractivity (Wildman–Crippen MR) is 80.8 cm³/mol.